The molecule has 5 rings (SSSR count). The third kappa shape index (κ3) is 4.51. The van der Waals surface area contributed by atoms with E-state index in [-0.39, 0.29) is 18.5 Å². The number of aromatic nitrogens is 6. The number of carbonyl (C=O) groups excluding carboxylic acids is 1. The molecule has 11 heteroatoms. The number of aryl methyl sites for hydroxylation is 2. The molecule has 0 aliphatic heterocycles. The minimum absolute atomic E-state index is 0.126. The minimum Gasteiger partial charge on any atom is -0.483 e. The van der Waals surface area contributed by atoms with Crippen molar-refractivity contribution in [1.82, 2.24) is 29.5 Å². The summed E-state index contributed by atoms with van der Waals surface area (Å²) in [6.45, 7) is 3.48. The van der Waals surface area contributed by atoms with Gasteiger partial charge in [-0.25, -0.2) is 4.68 Å². The fraction of sp³-hybridized carbons (Fsp3) is 0.125. The smallest absolute Gasteiger partial charge is 0.263 e. The summed E-state index contributed by atoms with van der Waals surface area (Å²) >= 11 is 5.99. The van der Waals surface area contributed by atoms with Crippen LogP contribution in [0, 0.1) is 13.8 Å². The summed E-state index contributed by atoms with van der Waals surface area (Å²) in [5.74, 6) is 0.700. The van der Waals surface area contributed by atoms with Gasteiger partial charge in [0.1, 0.15) is 17.0 Å². The third-order valence-corrected chi connectivity index (χ3v) is 5.50. The molecule has 2 aromatic carbocycles. The van der Waals surface area contributed by atoms with Crippen molar-refractivity contribution in [3.63, 3.8) is 0 Å². The molecule has 176 valence electrons. The van der Waals surface area contributed by atoms with Crippen molar-refractivity contribution in [2.45, 2.75) is 13.8 Å². The molecule has 0 radical (unpaired) electrons. The van der Waals surface area contributed by atoms with Crippen molar-refractivity contribution in [2.75, 3.05) is 11.9 Å². The zero-order valence-corrected chi connectivity index (χ0v) is 19.6. The van der Waals surface area contributed by atoms with Gasteiger partial charge in [0.25, 0.3) is 11.5 Å². The Hall–Kier alpha value is -4.44. The molecule has 0 fully saturated rings. The number of nitrogens with zero attached hydrogens (tertiary/aromatic N) is 5. The predicted molar refractivity (Wildman–Crippen MR) is 132 cm³/mol. The number of fused-ring (bicyclic) bond motifs is 1. The second-order valence-electron chi connectivity index (χ2n) is 7.84. The van der Waals surface area contributed by atoms with Gasteiger partial charge in [0.2, 0.25) is 5.95 Å². The van der Waals surface area contributed by atoms with Crippen LogP contribution in [0.15, 0.2) is 65.6 Å². The summed E-state index contributed by atoms with van der Waals surface area (Å²) in [4.78, 5) is 32.7. The summed E-state index contributed by atoms with van der Waals surface area (Å²) in [5.41, 5.74) is 2.17. The zero-order chi connectivity index (χ0) is 24.5. The van der Waals surface area contributed by atoms with Crippen molar-refractivity contribution in [3.05, 3.63) is 87.4 Å². The van der Waals surface area contributed by atoms with Gasteiger partial charge in [-0.2, -0.15) is 19.9 Å². The number of H-pyrrole nitrogens is 1. The van der Waals surface area contributed by atoms with Gasteiger partial charge in [0.15, 0.2) is 12.3 Å². The molecule has 2 N–H and O–H groups in total. The number of carbonyl (C=O) groups is 1. The van der Waals surface area contributed by atoms with Crippen LogP contribution in [0.5, 0.6) is 5.75 Å². The van der Waals surface area contributed by atoms with E-state index in [2.05, 4.69) is 25.5 Å². The molecule has 0 aliphatic rings. The molecule has 0 atom stereocenters. The van der Waals surface area contributed by atoms with E-state index < -0.39 is 5.56 Å². The average molecular weight is 490 g/mol. The van der Waals surface area contributed by atoms with Gasteiger partial charge >= 0.3 is 0 Å². The number of halogens is 1. The number of nitrogens with one attached hydrogen (secondary N) is 2. The average Bonchev–Trinajstić information content (AvgIpc) is 3.42. The van der Waals surface area contributed by atoms with Gasteiger partial charge in [-0.1, -0.05) is 29.8 Å². The lowest BCUT2D eigenvalue weighted by Crippen LogP contribution is -2.23. The Bertz CT molecular complexity index is 1600. The molecule has 5 aromatic rings. The van der Waals surface area contributed by atoms with E-state index in [1.807, 2.05) is 25.1 Å². The summed E-state index contributed by atoms with van der Waals surface area (Å²) in [6, 6.07) is 16.1. The van der Waals surface area contributed by atoms with E-state index in [0.29, 0.717) is 39.0 Å². The van der Waals surface area contributed by atoms with Crippen molar-refractivity contribution < 1.29 is 9.53 Å². The minimum atomic E-state index is -0.390. The number of amides is 1. The van der Waals surface area contributed by atoms with E-state index >= 15 is 0 Å². The predicted octanol–water partition coefficient (Wildman–Crippen LogP) is 3.58. The van der Waals surface area contributed by atoms with Gasteiger partial charge < -0.3 is 10.1 Å². The highest BCUT2D eigenvalue weighted by Gasteiger charge is 2.17. The molecular weight excluding hydrogens is 470 g/mol. The quantitative estimate of drug-likeness (QED) is 0.376. The number of anilines is 1. The van der Waals surface area contributed by atoms with Crippen molar-refractivity contribution in [2.24, 2.45) is 0 Å². The molecular formula is C24H20ClN7O3. The second kappa shape index (κ2) is 9.07. The molecule has 0 unspecified atom stereocenters. The van der Waals surface area contributed by atoms with Gasteiger partial charge in [0.05, 0.1) is 17.6 Å². The van der Waals surface area contributed by atoms with E-state index in [0.717, 1.165) is 5.56 Å². The highest BCUT2D eigenvalue weighted by Crippen LogP contribution is 2.20. The van der Waals surface area contributed by atoms with E-state index in [1.165, 1.54) is 15.6 Å². The Kier molecular flexibility index (Phi) is 5.79. The molecule has 1 amide bonds. The molecule has 35 heavy (non-hydrogen) atoms. The van der Waals surface area contributed by atoms with E-state index in [9.17, 15) is 9.59 Å². The number of rotatable bonds is 6. The Morgan fingerprint density at radius 1 is 1.11 bits per heavy atom. The maximum atomic E-state index is 12.8. The van der Waals surface area contributed by atoms with Crippen LogP contribution < -0.4 is 15.6 Å². The first-order valence-electron chi connectivity index (χ1n) is 10.7. The summed E-state index contributed by atoms with van der Waals surface area (Å²) in [5, 5.41) is 12.4. The highest BCUT2D eigenvalue weighted by molar-refractivity contribution is 6.30. The topological polar surface area (TPSA) is 120 Å². The highest BCUT2D eigenvalue weighted by atomic mass is 35.5. The number of aromatic amines is 1. The maximum Gasteiger partial charge on any atom is 0.263 e. The van der Waals surface area contributed by atoms with Gasteiger partial charge in [0, 0.05) is 11.1 Å². The lowest BCUT2D eigenvalue weighted by molar-refractivity contribution is -0.118. The van der Waals surface area contributed by atoms with Gasteiger partial charge in [-0.05, 0) is 49.7 Å². The van der Waals surface area contributed by atoms with Crippen LogP contribution in [0.2, 0.25) is 5.02 Å². The van der Waals surface area contributed by atoms with Crippen LogP contribution >= 0.6 is 11.6 Å². The Balaban J connectivity index is 1.46. The fourth-order valence-corrected chi connectivity index (χ4v) is 3.69. The van der Waals surface area contributed by atoms with Crippen molar-refractivity contribution in [3.8, 4) is 17.4 Å². The number of para-hydroxylation sites is 1. The molecule has 0 bridgehead atoms. The SMILES string of the molecule is Cc1cc(NC(=O)COc2ccccc2C)n(-c2nc3c(cnn3-c3ccc(Cl)cc3)c(=O)[nH]2)n1. The monoisotopic (exact) mass is 489 g/mol. The lowest BCUT2D eigenvalue weighted by Gasteiger charge is -2.11. The summed E-state index contributed by atoms with van der Waals surface area (Å²) in [7, 11) is 0. The molecule has 10 nitrogen and oxygen atoms in total. The van der Waals surface area contributed by atoms with Crippen molar-refractivity contribution in [1.29, 1.82) is 0 Å². The largest absolute Gasteiger partial charge is 0.483 e. The number of hydrogen-bond donors (Lipinski definition) is 2. The van der Waals surface area contributed by atoms with Crippen LogP contribution in [0.1, 0.15) is 11.3 Å². The maximum absolute atomic E-state index is 12.8. The third-order valence-electron chi connectivity index (χ3n) is 5.25. The van der Waals surface area contributed by atoms with E-state index in [1.54, 1.807) is 43.3 Å². The molecule has 0 aliphatic carbocycles. The van der Waals surface area contributed by atoms with Crippen LogP contribution in [0.25, 0.3) is 22.7 Å². The number of benzene rings is 2. The molecule has 3 aromatic heterocycles. The standard InChI is InChI=1S/C24H20ClN7O3/c1-14-5-3-4-6-19(14)35-13-21(33)27-20-11-15(2)30-32(20)24-28-22-18(23(34)29-24)12-26-31(22)17-9-7-16(25)8-10-17/h3-12H,13H2,1-2H3,(H,27,33)(H,28,29,34). The lowest BCUT2D eigenvalue weighted by atomic mass is 10.2. The van der Waals surface area contributed by atoms with Gasteiger partial charge in [-0.15, -0.1) is 0 Å². The summed E-state index contributed by atoms with van der Waals surface area (Å²) in [6.07, 6.45) is 1.44. The van der Waals surface area contributed by atoms with Crippen LogP contribution in [-0.2, 0) is 4.79 Å². The van der Waals surface area contributed by atoms with Gasteiger partial charge in [-0.3, -0.25) is 14.6 Å². The molecule has 3 heterocycles. The molecule has 0 spiro atoms. The molecule has 0 saturated carbocycles. The van der Waals surface area contributed by atoms with Crippen LogP contribution in [0.3, 0.4) is 0 Å². The number of hydrogen-bond acceptors (Lipinski definition) is 6. The first-order chi connectivity index (χ1) is 16.9. The first kappa shape index (κ1) is 22.4. The van der Waals surface area contributed by atoms with Crippen molar-refractivity contribution >= 4 is 34.4 Å². The Morgan fingerprint density at radius 2 is 1.89 bits per heavy atom. The first-order valence-corrected chi connectivity index (χ1v) is 11.1. The van der Waals surface area contributed by atoms with E-state index in [4.69, 9.17) is 16.3 Å². The number of ether oxygens (including phenoxy) is 1. The fourth-order valence-electron chi connectivity index (χ4n) is 3.57. The van der Waals surface area contributed by atoms with Crippen LogP contribution in [-0.4, -0.2) is 42.0 Å². The Labute approximate surface area is 204 Å². The normalized spacial score (nSPS) is 11.1. The van der Waals surface area contributed by atoms with Crippen LogP contribution in [0.4, 0.5) is 5.82 Å². The zero-order valence-electron chi connectivity index (χ0n) is 18.8. The second-order valence-corrected chi connectivity index (χ2v) is 8.28. The molecule has 0 saturated heterocycles. The summed E-state index contributed by atoms with van der Waals surface area (Å²) < 4.78 is 8.53. The Morgan fingerprint density at radius 3 is 2.66 bits per heavy atom.